The van der Waals surface area contributed by atoms with Crippen molar-refractivity contribution in [3.63, 3.8) is 0 Å². The molecule has 20 heavy (non-hydrogen) atoms. The van der Waals surface area contributed by atoms with E-state index in [1.165, 1.54) is 11.1 Å². The Hall–Kier alpha value is -1.44. The lowest BCUT2D eigenvalue weighted by Crippen LogP contribution is -1.80. The zero-order valence-corrected chi connectivity index (χ0v) is 13.9. The number of halogens is 2. The Morgan fingerprint density at radius 2 is 1.35 bits per heavy atom. The largest absolute Gasteiger partial charge is 0.298 e. The molecule has 0 spiro atoms. The van der Waals surface area contributed by atoms with Gasteiger partial charge in [-0.25, -0.2) is 0 Å². The predicted molar refractivity (Wildman–Crippen MR) is 88.2 cm³/mol. The van der Waals surface area contributed by atoms with Gasteiger partial charge in [-0.3, -0.25) is 4.79 Å². The van der Waals surface area contributed by atoms with Crippen LogP contribution >= 0.6 is 31.9 Å². The molecule has 0 aliphatic carbocycles. The first-order valence-electron chi connectivity index (χ1n) is 5.88. The Labute approximate surface area is 135 Å². The van der Waals surface area contributed by atoms with Crippen LogP contribution in [0.1, 0.15) is 27.0 Å². The molecule has 0 unspecified atom stereocenters. The molecule has 0 bridgehead atoms. The zero-order valence-electron chi connectivity index (χ0n) is 10.7. The van der Waals surface area contributed by atoms with Crippen LogP contribution in [0.5, 0.6) is 0 Å². The first-order chi connectivity index (χ1) is 9.73. The summed E-state index contributed by atoms with van der Waals surface area (Å²) in [6.45, 7) is 0. The predicted octanol–water partition coefficient (Wildman–Crippen LogP) is 4.85. The fourth-order valence-corrected chi connectivity index (χ4v) is 2.10. The molecule has 2 rings (SSSR count). The molecule has 2 nitrogen and oxygen atoms in total. The molecule has 2 aromatic rings. The Kier molecular flexibility index (Phi) is 7.86. The van der Waals surface area contributed by atoms with E-state index in [0.29, 0.717) is 5.56 Å². The number of nitrogens with zero attached hydrogens (tertiary/aromatic N) is 1. The summed E-state index contributed by atoms with van der Waals surface area (Å²) in [7, 11) is 0. The molecule has 0 saturated carbocycles. The SMILES string of the molecule is N#Cc1ccc(CBr)cc1.O=Cc1ccc(CBr)cc1. The Morgan fingerprint density at radius 1 is 0.900 bits per heavy atom. The van der Waals surface area contributed by atoms with Gasteiger partial charge in [-0.2, -0.15) is 5.26 Å². The lowest BCUT2D eigenvalue weighted by Gasteiger charge is -1.92. The standard InChI is InChI=1S/C8H6BrN.C8H7BrO/c2*9-5-7-1-3-8(6-10)4-2-7/h1-4H,5H2;1-4,6H,5H2. The van der Waals surface area contributed by atoms with E-state index in [4.69, 9.17) is 5.26 Å². The highest BCUT2D eigenvalue weighted by Gasteiger charge is 1.90. The first-order valence-corrected chi connectivity index (χ1v) is 8.13. The maximum Gasteiger partial charge on any atom is 0.150 e. The molecule has 0 atom stereocenters. The van der Waals surface area contributed by atoms with Crippen LogP contribution in [0.2, 0.25) is 0 Å². The summed E-state index contributed by atoms with van der Waals surface area (Å²) in [6, 6.07) is 17.0. The summed E-state index contributed by atoms with van der Waals surface area (Å²) in [5.41, 5.74) is 3.82. The smallest absolute Gasteiger partial charge is 0.150 e. The Bertz CT molecular complexity index is 571. The summed E-state index contributed by atoms with van der Waals surface area (Å²) in [4.78, 5) is 10.2. The number of carbonyl (C=O) groups excluding carboxylic acids is 1. The van der Waals surface area contributed by atoms with Crippen molar-refractivity contribution in [3.05, 3.63) is 70.8 Å². The highest BCUT2D eigenvalue weighted by Crippen LogP contribution is 2.06. The molecule has 4 heteroatoms. The summed E-state index contributed by atoms with van der Waals surface area (Å²) >= 11 is 6.64. The van der Waals surface area contributed by atoms with Gasteiger partial charge in [-0.05, 0) is 23.3 Å². The Morgan fingerprint density at radius 3 is 1.70 bits per heavy atom. The van der Waals surface area contributed by atoms with Crippen LogP contribution in [-0.4, -0.2) is 6.29 Å². The van der Waals surface area contributed by atoms with E-state index in [2.05, 4.69) is 37.9 Å². The number of nitriles is 1. The number of aldehydes is 1. The van der Waals surface area contributed by atoms with Gasteiger partial charge in [-0.15, -0.1) is 0 Å². The van der Waals surface area contributed by atoms with Crippen LogP contribution in [0.4, 0.5) is 0 Å². The van der Waals surface area contributed by atoms with E-state index in [1.54, 1.807) is 0 Å². The van der Waals surface area contributed by atoms with Gasteiger partial charge in [-0.1, -0.05) is 68.3 Å². The number of carbonyl (C=O) groups is 1. The van der Waals surface area contributed by atoms with Crippen molar-refractivity contribution in [2.75, 3.05) is 0 Å². The molecule has 0 fully saturated rings. The second kappa shape index (κ2) is 9.46. The second-order valence-electron chi connectivity index (χ2n) is 3.94. The van der Waals surface area contributed by atoms with E-state index in [0.717, 1.165) is 22.5 Å². The number of alkyl halides is 2. The van der Waals surface area contributed by atoms with E-state index >= 15 is 0 Å². The van der Waals surface area contributed by atoms with Gasteiger partial charge in [0.05, 0.1) is 11.6 Å². The molecular weight excluding hydrogens is 382 g/mol. The monoisotopic (exact) mass is 393 g/mol. The average molecular weight is 395 g/mol. The Balaban J connectivity index is 0.000000200. The molecule has 0 radical (unpaired) electrons. The van der Waals surface area contributed by atoms with E-state index < -0.39 is 0 Å². The fraction of sp³-hybridized carbons (Fsp3) is 0.125. The number of hydrogen-bond acceptors (Lipinski definition) is 2. The van der Waals surface area contributed by atoms with Crippen molar-refractivity contribution in [3.8, 4) is 6.07 Å². The van der Waals surface area contributed by atoms with Crippen molar-refractivity contribution < 1.29 is 4.79 Å². The third-order valence-corrected chi connectivity index (χ3v) is 3.80. The summed E-state index contributed by atoms with van der Waals surface area (Å²) in [6.07, 6.45) is 0.845. The van der Waals surface area contributed by atoms with E-state index in [1.807, 2.05) is 48.5 Å². The van der Waals surface area contributed by atoms with Crippen molar-refractivity contribution in [2.45, 2.75) is 10.7 Å². The van der Waals surface area contributed by atoms with E-state index in [-0.39, 0.29) is 0 Å². The molecular formula is C16H13Br2NO. The highest BCUT2D eigenvalue weighted by atomic mass is 79.9. The quantitative estimate of drug-likeness (QED) is 0.551. The molecule has 102 valence electrons. The summed E-state index contributed by atoms with van der Waals surface area (Å²) in [5.74, 6) is 0. The highest BCUT2D eigenvalue weighted by molar-refractivity contribution is 9.08. The average Bonchev–Trinajstić information content (AvgIpc) is 2.55. The van der Waals surface area contributed by atoms with Gasteiger partial charge in [0, 0.05) is 16.2 Å². The number of rotatable bonds is 3. The first kappa shape index (κ1) is 16.6. The fourth-order valence-electron chi connectivity index (χ4n) is 1.35. The van der Waals surface area contributed by atoms with Gasteiger partial charge in [0.2, 0.25) is 0 Å². The molecule has 0 aliphatic heterocycles. The molecule has 2 aromatic carbocycles. The summed E-state index contributed by atoms with van der Waals surface area (Å²) < 4.78 is 0. The van der Waals surface area contributed by atoms with E-state index in [9.17, 15) is 4.79 Å². The lowest BCUT2D eigenvalue weighted by molar-refractivity contribution is 0.112. The van der Waals surface area contributed by atoms with Crippen molar-refractivity contribution >= 4 is 38.1 Å². The molecule has 0 aliphatic rings. The molecule has 0 heterocycles. The van der Waals surface area contributed by atoms with Crippen LogP contribution in [0.3, 0.4) is 0 Å². The van der Waals surface area contributed by atoms with Crippen LogP contribution in [0.15, 0.2) is 48.5 Å². The summed E-state index contributed by atoms with van der Waals surface area (Å²) in [5, 5.41) is 10.1. The van der Waals surface area contributed by atoms with Crippen molar-refractivity contribution in [1.29, 1.82) is 5.26 Å². The van der Waals surface area contributed by atoms with Gasteiger partial charge in [0.1, 0.15) is 6.29 Å². The lowest BCUT2D eigenvalue weighted by atomic mass is 10.2. The van der Waals surface area contributed by atoms with Crippen LogP contribution in [0, 0.1) is 11.3 Å². The molecule has 0 amide bonds. The third-order valence-electron chi connectivity index (χ3n) is 2.51. The van der Waals surface area contributed by atoms with Gasteiger partial charge < -0.3 is 0 Å². The molecule has 0 N–H and O–H groups in total. The maximum atomic E-state index is 10.2. The van der Waals surface area contributed by atoms with Gasteiger partial charge in [0.25, 0.3) is 0 Å². The topological polar surface area (TPSA) is 40.9 Å². The minimum atomic E-state index is 0.713. The van der Waals surface area contributed by atoms with Crippen LogP contribution in [0.25, 0.3) is 0 Å². The molecule has 0 saturated heterocycles. The normalized spacial score (nSPS) is 9.05. The van der Waals surface area contributed by atoms with Crippen molar-refractivity contribution in [2.24, 2.45) is 0 Å². The second-order valence-corrected chi connectivity index (χ2v) is 5.06. The van der Waals surface area contributed by atoms with Crippen LogP contribution in [-0.2, 0) is 10.7 Å². The maximum absolute atomic E-state index is 10.2. The zero-order chi connectivity index (χ0) is 14.8. The van der Waals surface area contributed by atoms with Crippen molar-refractivity contribution in [1.82, 2.24) is 0 Å². The molecule has 0 aromatic heterocycles. The minimum absolute atomic E-state index is 0.713. The third kappa shape index (κ3) is 5.68. The van der Waals surface area contributed by atoms with Gasteiger partial charge >= 0.3 is 0 Å². The number of hydrogen-bond donors (Lipinski definition) is 0. The minimum Gasteiger partial charge on any atom is -0.298 e. The van der Waals surface area contributed by atoms with Crippen LogP contribution < -0.4 is 0 Å². The van der Waals surface area contributed by atoms with Gasteiger partial charge in [0.15, 0.2) is 0 Å². The number of benzene rings is 2.